The Bertz CT molecular complexity index is 817. The number of amides is 1. The van der Waals surface area contributed by atoms with Gasteiger partial charge in [0.05, 0.1) is 0 Å². The van der Waals surface area contributed by atoms with Gasteiger partial charge in [-0.2, -0.15) is 0 Å². The Hall–Kier alpha value is -2.69. The van der Waals surface area contributed by atoms with Gasteiger partial charge in [0.15, 0.2) is 5.58 Å². The van der Waals surface area contributed by atoms with Gasteiger partial charge in [-0.05, 0) is 24.3 Å². The topological polar surface area (TPSA) is 68.0 Å². The first-order chi connectivity index (χ1) is 10.4. The molecule has 0 aliphatic rings. The summed E-state index contributed by atoms with van der Waals surface area (Å²) in [5.74, 6) is 0.498. The van der Waals surface area contributed by atoms with Crippen LogP contribution in [0, 0.1) is 5.41 Å². The van der Waals surface area contributed by atoms with Crippen LogP contribution in [-0.4, -0.2) is 15.9 Å². The van der Waals surface area contributed by atoms with Gasteiger partial charge in [0.25, 0.3) is 0 Å². The number of oxazole rings is 1. The highest BCUT2D eigenvalue weighted by molar-refractivity contribution is 5.96. The second-order valence-corrected chi connectivity index (χ2v) is 6.14. The predicted octanol–water partition coefficient (Wildman–Crippen LogP) is 3.87. The average Bonchev–Trinajstić information content (AvgIpc) is 2.90. The van der Waals surface area contributed by atoms with Gasteiger partial charge < -0.3 is 9.73 Å². The predicted molar refractivity (Wildman–Crippen MR) is 85.3 cm³/mol. The van der Waals surface area contributed by atoms with Gasteiger partial charge >= 0.3 is 0 Å². The van der Waals surface area contributed by atoms with Crippen molar-refractivity contribution in [1.82, 2.24) is 9.97 Å². The lowest BCUT2D eigenvalue weighted by molar-refractivity contribution is -0.123. The maximum atomic E-state index is 12.0. The highest BCUT2D eigenvalue weighted by Crippen LogP contribution is 2.26. The van der Waals surface area contributed by atoms with Crippen LogP contribution in [0.5, 0.6) is 0 Å². The van der Waals surface area contributed by atoms with Gasteiger partial charge in [0, 0.05) is 35.1 Å². The summed E-state index contributed by atoms with van der Waals surface area (Å²) < 4.78 is 5.77. The van der Waals surface area contributed by atoms with Crippen molar-refractivity contribution in [2.24, 2.45) is 5.41 Å². The van der Waals surface area contributed by atoms with Crippen LogP contribution < -0.4 is 5.32 Å². The zero-order valence-corrected chi connectivity index (χ0v) is 12.8. The molecule has 0 aliphatic heterocycles. The van der Waals surface area contributed by atoms with E-state index in [4.69, 9.17) is 4.42 Å². The number of rotatable bonds is 2. The quantitative estimate of drug-likeness (QED) is 0.779. The van der Waals surface area contributed by atoms with Crippen molar-refractivity contribution in [2.45, 2.75) is 20.8 Å². The summed E-state index contributed by atoms with van der Waals surface area (Å²) in [7, 11) is 0. The molecule has 5 heteroatoms. The second kappa shape index (κ2) is 5.26. The van der Waals surface area contributed by atoms with Gasteiger partial charge in [-0.1, -0.05) is 20.8 Å². The molecule has 0 radical (unpaired) electrons. The molecule has 2 heterocycles. The molecular weight excluding hydrogens is 278 g/mol. The molecule has 3 rings (SSSR count). The molecule has 22 heavy (non-hydrogen) atoms. The molecule has 2 aromatic heterocycles. The molecule has 5 nitrogen and oxygen atoms in total. The lowest BCUT2D eigenvalue weighted by Gasteiger charge is -2.17. The molecule has 0 unspecified atom stereocenters. The van der Waals surface area contributed by atoms with E-state index >= 15 is 0 Å². The Morgan fingerprint density at radius 3 is 2.55 bits per heavy atom. The van der Waals surface area contributed by atoms with Crippen LogP contribution in [-0.2, 0) is 4.79 Å². The van der Waals surface area contributed by atoms with E-state index in [-0.39, 0.29) is 5.91 Å². The van der Waals surface area contributed by atoms with E-state index in [2.05, 4.69) is 15.3 Å². The molecule has 112 valence electrons. The zero-order valence-electron chi connectivity index (χ0n) is 12.8. The molecule has 0 aliphatic carbocycles. The van der Waals surface area contributed by atoms with E-state index in [1.165, 1.54) is 0 Å². The molecule has 1 aromatic carbocycles. The van der Waals surface area contributed by atoms with Crippen molar-refractivity contribution in [3.63, 3.8) is 0 Å². The minimum atomic E-state index is -0.446. The number of benzene rings is 1. The fourth-order valence-electron chi connectivity index (χ4n) is 1.94. The summed E-state index contributed by atoms with van der Waals surface area (Å²) in [4.78, 5) is 20.5. The van der Waals surface area contributed by atoms with Crippen LogP contribution in [0.2, 0.25) is 0 Å². The number of fused-ring (bicyclic) bond motifs is 1. The van der Waals surface area contributed by atoms with Gasteiger partial charge in [0.1, 0.15) is 5.52 Å². The maximum Gasteiger partial charge on any atom is 0.229 e. The Labute approximate surface area is 128 Å². The number of nitrogens with one attached hydrogen (secondary N) is 1. The van der Waals surface area contributed by atoms with Gasteiger partial charge in [-0.3, -0.25) is 9.78 Å². The van der Waals surface area contributed by atoms with Crippen LogP contribution in [0.15, 0.2) is 47.1 Å². The SMILES string of the molecule is CC(C)(C)C(=O)Nc1ccc2nc(-c3ccncc3)oc2c1. The van der Waals surface area contributed by atoms with Crippen LogP contribution in [0.3, 0.4) is 0 Å². The number of aromatic nitrogens is 2. The molecule has 3 aromatic rings. The van der Waals surface area contributed by atoms with Crippen LogP contribution in [0.4, 0.5) is 5.69 Å². The van der Waals surface area contributed by atoms with Crippen LogP contribution in [0.1, 0.15) is 20.8 Å². The van der Waals surface area contributed by atoms with E-state index in [0.717, 1.165) is 11.1 Å². The summed E-state index contributed by atoms with van der Waals surface area (Å²) in [6, 6.07) is 9.13. The fraction of sp³-hybridized carbons (Fsp3) is 0.235. The van der Waals surface area contributed by atoms with Gasteiger partial charge in [0.2, 0.25) is 11.8 Å². The Kier molecular flexibility index (Phi) is 3.41. The molecule has 0 saturated heterocycles. The summed E-state index contributed by atoms with van der Waals surface area (Å²) in [6.07, 6.45) is 3.39. The smallest absolute Gasteiger partial charge is 0.229 e. The first-order valence-corrected chi connectivity index (χ1v) is 7.06. The van der Waals surface area contributed by atoms with Crippen molar-refractivity contribution >= 4 is 22.7 Å². The first kappa shape index (κ1) is 14.3. The maximum absolute atomic E-state index is 12.0. The molecule has 0 bridgehead atoms. The van der Waals surface area contributed by atoms with Crippen LogP contribution >= 0.6 is 0 Å². The van der Waals surface area contributed by atoms with Crippen molar-refractivity contribution < 1.29 is 9.21 Å². The number of hydrogen-bond donors (Lipinski definition) is 1. The van der Waals surface area contributed by atoms with Crippen molar-refractivity contribution in [1.29, 1.82) is 0 Å². The Morgan fingerprint density at radius 1 is 1.14 bits per heavy atom. The van der Waals surface area contributed by atoms with Crippen molar-refractivity contribution in [2.75, 3.05) is 5.32 Å². The molecule has 0 saturated carbocycles. The van der Waals surface area contributed by atoms with E-state index in [9.17, 15) is 4.79 Å². The minimum absolute atomic E-state index is 0.0410. The second-order valence-electron chi connectivity index (χ2n) is 6.14. The molecular formula is C17H17N3O2. The summed E-state index contributed by atoms with van der Waals surface area (Å²) in [5, 5.41) is 2.89. The van der Waals surface area contributed by atoms with E-state index in [1.54, 1.807) is 18.5 Å². The van der Waals surface area contributed by atoms with Crippen LogP contribution in [0.25, 0.3) is 22.6 Å². The minimum Gasteiger partial charge on any atom is -0.436 e. The van der Waals surface area contributed by atoms with Crippen molar-refractivity contribution in [3.8, 4) is 11.5 Å². The van der Waals surface area contributed by atoms with E-state index < -0.39 is 5.41 Å². The zero-order chi connectivity index (χ0) is 15.7. The first-order valence-electron chi connectivity index (χ1n) is 7.06. The summed E-state index contributed by atoms with van der Waals surface area (Å²) in [6.45, 7) is 5.62. The van der Waals surface area contributed by atoms with Crippen molar-refractivity contribution in [3.05, 3.63) is 42.7 Å². The average molecular weight is 295 g/mol. The Morgan fingerprint density at radius 2 is 1.86 bits per heavy atom. The number of nitrogens with zero attached hydrogens (tertiary/aromatic N) is 2. The Balaban J connectivity index is 1.92. The largest absolute Gasteiger partial charge is 0.436 e. The number of pyridine rings is 1. The monoisotopic (exact) mass is 295 g/mol. The lowest BCUT2D eigenvalue weighted by Crippen LogP contribution is -2.27. The molecule has 0 fully saturated rings. The number of carbonyl (C=O) groups excluding carboxylic acids is 1. The van der Waals surface area contributed by atoms with Gasteiger partial charge in [-0.15, -0.1) is 0 Å². The lowest BCUT2D eigenvalue weighted by atomic mass is 9.95. The fourth-order valence-corrected chi connectivity index (χ4v) is 1.94. The van der Waals surface area contributed by atoms with Gasteiger partial charge in [-0.25, -0.2) is 4.98 Å². The number of carbonyl (C=O) groups is 1. The standard InChI is InChI=1S/C17H17N3O2/c1-17(2,3)16(21)19-12-4-5-13-14(10-12)22-15(20-13)11-6-8-18-9-7-11/h4-10H,1-3H3,(H,19,21). The third-order valence-electron chi connectivity index (χ3n) is 3.25. The van der Waals surface area contributed by atoms with E-state index in [1.807, 2.05) is 45.0 Å². The number of anilines is 1. The number of hydrogen-bond acceptors (Lipinski definition) is 4. The molecule has 1 N–H and O–H groups in total. The molecule has 0 atom stereocenters. The summed E-state index contributed by atoms with van der Waals surface area (Å²) in [5.41, 5.74) is 2.51. The van der Waals surface area contributed by atoms with E-state index in [0.29, 0.717) is 17.2 Å². The third-order valence-corrected chi connectivity index (χ3v) is 3.25. The normalized spacial score (nSPS) is 11.6. The molecule has 0 spiro atoms. The highest BCUT2D eigenvalue weighted by Gasteiger charge is 2.21. The highest BCUT2D eigenvalue weighted by atomic mass is 16.3. The summed E-state index contributed by atoms with van der Waals surface area (Å²) >= 11 is 0. The third kappa shape index (κ3) is 2.83. The molecule has 1 amide bonds.